The lowest BCUT2D eigenvalue weighted by molar-refractivity contribution is 0.0485. The molecule has 1 saturated carbocycles. The second-order valence-corrected chi connectivity index (χ2v) is 5.28. The van der Waals surface area contributed by atoms with Gasteiger partial charge in [0.1, 0.15) is 5.69 Å². The molecule has 1 aliphatic carbocycles. The Morgan fingerprint density at radius 2 is 2.24 bits per heavy atom. The number of hydrogen-bond donors (Lipinski definition) is 0. The fraction of sp³-hybridized carbons (Fsp3) is 0.769. The van der Waals surface area contributed by atoms with Gasteiger partial charge in [0.25, 0.3) is 0 Å². The first kappa shape index (κ1) is 12.9. The van der Waals surface area contributed by atoms with Crippen molar-refractivity contribution in [2.24, 2.45) is 0 Å². The molecule has 0 aliphatic heterocycles. The van der Waals surface area contributed by atoms with Crippen molar-refractivity contribution in [2.45, 2.75) is 64.7 Å². The summed E-state index contributed by atoms with van der Waals surface area (Å²) in [5.41, 5.74) is 0.874. The second kappa shape index (κ2) is 5.87. The smallest absolute Gasteiger partial charge is 0.107 e. The third kappa shape index (κ3) is 3.23. The zero-order valence-electron chi connectivity index (χ0n) is 10.7. The quantitative estimate of drug-likeness (QED) is 0.797. The summed E-state index contributed by atoms with van der Waals surface area (Å²) in [5, 5.41) is 5.29. The molecule has 0 N–H and O–H groups in total. The molecule has 0 amide bonds. The summed E-state index contributed by atoms with van der Waals surface area (Å²) in [7, 11) is 0. The first-order valence-corrected chi connectivity index (χ1v) is 6.93. The Hall–Kier alpha value is -0.540. The Balaban J connectivity index is 1.97. The van der Waals surface area contributed by atoms with Gasteiger partial charge in [-0.05, 0) is 26.2 Å². The van der Waals surface area contributed by atoms with Crippen molar-refractivity contribution in [3.8, 4) is 0 Å². The highest BCUT2D eigenvalue weighted by atomic mass is 35.5. The van der Waals surface area contributed by atoms with Crippen LogP contribution in [0.1, 0.15) is 57.7 Å². The molecule has 1 atom stereocenters. The van der Waals surface area contributed by atoms with Gasteiger partial charge in [-0.1, -0.05) is 31.4 Å². The molecule has 0 spiro atoms. The maximum Gasteiger partial charge on any atom is 0.107 e. The summed E-state index contributed by atoms with van der Waals surface area (Å²) in [4.78, 5) is 0. The van der Waals surface area contributed by atoms with Crippen molar-refractivity contribution >= 4 is 11.6 Å². The Morgan fingerprint density at radius 3 is 2.88 bits per heavy atom. The van der Waals surface area contributed by atoms with Crippen LogP contribution < -0.4 is 0 Å². The van der Waals surface area contributed by atoms with Crippen LogP contribution in [0.15, 0.2) is 6.20 Å². The van der Waals surface area contributed by atoms with Gasteiger partial charge in [-0.25, -0.2) is 0 Å². The summed E-state index contributed by atoms with van der Waals surface area (Å²) < 4.78 is 7.71. The van der Waals surface area contributed by atoms with Gasteiger partial charge >= 0.3 is 0 Å². The molecule has 17 heavy (non-hydrogen) atoms. The van der Waals surface area contributed by atoms with Crippen LogP contribution in [0.25, 0.3) is 0 Å². The van der Waals surface area contributed by atoms with Gasteiger partial charge in [0.15, 0.2) is 0 Å². The van der Waals surface area contributed by atoms with E-state index in [9.17, 15) is 0 Å². The largest absolute Gasteiger partial charge is 0.372 e. The highest BCUT2D eigenvalue weighted by Gasteiger charge is 2.19. The third-order valence-corrected chi connectivity index (χ3v) is 3.85. The molecule has 0 bridgehead atoms. The molecule has 1 aromatic rings. The van der Waals surface area contributed by atoms with Crippen molar-refractivity contribution in [2.75, 3.05) is 0 Å². The lowest BCUT2D eigenvalue weighted by atomic mass is 10.3. The minimum Gasteiger partial charge on any atom is -0.372 e. The van der Waals surface area contributed by atoms with Crippen molar-refractivity contribution < 1.29 is 4.74 Å². The zero-order chi connectivity index (χ0) is 12.3. The summed E-state index contributed by atoms with van der Waals surface area (Å²) in [6.07, 6.45) is 8.30. The van der Waals surface area contributed by atoms with Gasteiger partial charge in [0.2, 0.25) is 0 Å². The number of hydrogen-bond acceptors (Lipinski definition) is 2. The molecular weight excluding hydrogens is 236 g/mol. The van der Waals surface area contributed by atoms with Crippen molar-refractivity contribution in [3.63, 3.8) is 0 Å². The van der Waals surface area contributed by atoms with Crippen molar-refractivity contribution in [1.82, 2.24) is 9.78 Å². The highest BCUT2D eigenvalue weighted by molar-refractivity contribution is 6.31. The fourth-order valence-electron chi connectivity index (χ4n) is 2.20. The van der Waals surface area contributed by atoms with Gasteiger partial charge in [-0.2, -0.15) is 5.10 Å². The van der Waals surface area contributed by atoms with Crippen molar-refractivity contribution in [1.29, 1.82) is 0 Å². The molecule has 0 aromatic carbocycles. The first-order valence-electron chi connectivity index (χ1n) is 6.55. The SMILES string of the molecule is CC[C@H](C)OCc1nn(C2CCCC2)cc1Cl. The van der Waals surface area contributed by atoms with E-state index in [1.54, 1.807) is 0 Å². The predicted octanol–water partition coefficient (Wildman–Crippen LogP) is 3.97. The van der Waals surface area contributed by atoms with Crippen LogP contribution in [-0.2, 0) is 11.3 Å². The fourth-order valence-corrected chi connectivity index (χ4v) is 2.39. The number of aromatic nitrogens is 2. The minimum atomic E-state index is 0.266. The minimum absolute atomic E-state index is 0.266. The zero-order valence-corrected chi connectivity index (χ0v) is 11.4. The molecule has 96 valence electrons. The van der Waals surface area contributed by atoms with Crippen molar-refractivity contribution in [3.05, 3.63) is 16.9 Å². The van der Waals surface area contributed by atoms with Crippen LogP contribution in [0.2, 0.25) is 5.02 Å². The van der Waals surface area contributed by atoms with Crippen LogP contribution in [0, 0.1) is 0 Å². The highest BCUT2D eigenvalue weighted by Crippen LogP contribution is 2.30. The maximum absolute atomic E-state index is 6.19. The van der Waals surface area contributed by atoms with E-state index in [-0.39, 0.29) is 6.10 Å². The summed E-state index contributed by atoms with van der Waals surface area (Å²) in [6, 6.07) is 0.546. The topological polar surface area (TPSA) is 27.1 Å². The van der Waals surface area contributed by atoms with Gasteiger partial charge < -0.3 is 4.74 Å². The average Bonchev–Trinajstić information content (AvgIpc) is 2.95. The van der Waals surface area contributed by atoms with E-state index in [1.165, 1.54) is 25.7 Å². The van der Waals surface area contributed by atoms with E-state index < -0.39 is 0 Å². The summed E-state index contributed by atoms with van der Waals surface area (Å²) >= 11 is 6.19. The van der Waals surface area contributed by atoms with Gasteiger partial charge in [0.05, 0.1) is 23.8 Å². The van der Waals surface area contributed by atoms with Crippen LogP contribution in [0.5, 0.6) is 0 Å². The third-order valence-electron chi connectivity index (χ3n) is 3.54. The molecule has 1 aliphatic rings. The standard InChI is InChI=1S/C13H21ClN2O/c1-3-10(2)17-9-13-12(14)8-16(15-13)11-6-4-5-7-11/h8,10-11H,3-7,9H2,1-2H3/t10-/m0/s1. The maximum atomic E-state index is 6.19. The molecule has 3 nitrogen and oxygen atoms in total. The Bertz CT molecular complexity index is 358. The van der Waals surface area contributed by atoms with Crippen LogP contribution in [0.3, 0.4) is 0 Å². The van der Waals surface area contributed by atoms with E-state index in [4.69, 9.17) is 16.3 Å². The molecule has 1 aromatic heterocycles. The van der Waals surface area contributed by atoms with E-state index in [2.05, 4.69) is 18.9 Å². The van der Waals surface area contributed by atoms with E-state index in [0.717, 1.165) is 17.1 Å². The number of halogens is 1. The van der Waals surface area contributed by atoms with E-state index >= 15 is 0 Å². The molecule has 1 heterocycles. The lowest BCUT2D eigenvalue weighted by Crippen LogP contribution is -2.08. The summed E-state index contributed by atoms with van der Waals surface area (Å²) in [6.45, 7) is 4.71. The van der Waals surface area contributed by atoms with Crippen LogP contribution in [0.4, 0.5) is 0 Å². The van der Waals surface area contributed by atoms with Gasteiger partial charge in [-0.15, -0.1) is 0 Å². The summed E-state index contributed by atoms with van der Waals surface area (Å²) in [5.74, 6) is 0. The monoisotopic (exact) mass is 256 g/mol. The average molecular weight is 257 g/mol. The molecule has 0 radical (unpaired) electrons. The number of rotatable bonds is 5. The second-order valence-electron chi connectivity index (χ2n) is 4.87. The van der Waals surface area contributed by atoms with E-state index in [1.807, 2.05) is 10.9 Å². The normalized spacial score (nSPS) is 18.8. The lowest BCUT2D eigenvalue weighted by Gasteiger charge is -2.10. The van der Waals surface area contributed by atoms with Crippen LogP contribution >= 0.6 is 11.6 Å². The van der Waals surface area contributed by atoms with E-state index in [0.29, 0.717) is 12.6 Å². The number of nitrogens with zero attached hydrogens (tertiary/aromatic N) is 2. The molecule has 1 fully saturated rings. The molecule has 4 heteroatoms. The Kier molecular flexibility index (Phi) is 4.46. The molecule has 2 rings (SSSR count). The Labute approximate surface area is 108 Å². The molecule has 0 saturated heterocycles. The van der Waals surface area contributed by atoms with Crippen LogP contribution in [-0.4, -0.2) is 15.9 Å². The van der Waals surface area contributed by atoms with Gasteiger partial charge in [0, 0.05) is 6.20 Å². The van der Waals surface area contributed by atoms with Gasteiger partial charge in [-0.3, -0.25) is 4.68 Å². The molecule has 0 unspecified atom stereocenters. The predicted molar refractivity (Wildman–Crippen MR) is 69.3 cm³/mol. The molecular formula is C13H21ClN2O. The first-order chi connectivity index (χ1) is 8.20. The Morgan fingerprint density at radius 1 is 1.53 bits per heavy atom. The number of ether oxygens (including phenoxy) is 1.